The molecule has 1 heterocycles. The van der Waals surface area contributed by atoms with Crippen LogP contribution in [0.5, 0.6) is 5.75 Å². The van der Waals surface area contributed by atoms with Crippen LogP contribution in [-0.4, -0.2) is 13.2 Å². The molecule has 0 radical (unpaired) electrons. The van der Waals surface area contributed by atoms with Gasteiger partial charge in [-0.05, 0) is 37.3 Å². The maximum Gasteiger partial charge on any atom is 0.166 e. The summed E-state index contributed by atoms with van der Waals surface area (Å²) in [5, 5.41) is 3.27. The maximum absolute atomic E-state index is 13.5. The van der Waals surface area contributed by atoms with Gasteiger partial charge in [0.25, 0.3) is 0 Å². The van der Waals surface area contributed by atoms with Crippen molar-refractivity contribution in [1.29, 1.82) is 0 Å². The first kappa shape index (κ1) is 14.5. The summed E-state index contributed by atoms with van der Waals surface area (Å²) in [7, 11) is 0. The van der Waals surface area contributed by atoms with Crippen LogP contribution in [0, 0.1) is 12.7 Å². The third-order valence-electron chi connectivity index (χ3n) is 2.53. The molecule has 2 aromatic rings. The van der Waals surface area contributed by atoms with E-state index in [2.05, 4.69) is 40.3 Å². The number of rotatable bonds is 6. The second-order valence-corrected chi connectivity index (χ2v) is 6.40. The van der Waals surface area contributed by atoms with Crippen molar-refractivity contribution < 1.29 is 9.13 Å². The lowest BCUT2D eigenvalue weighted by molar-refractivity contribution is 0.298. The van der Waals surface area contributed by atoms with Crippen molar-refractivity contribution in [3.8, 4) is 5.75 Å². The minimum absolute atomic E-state index is 0.289. The third-order valence-corrected chi connectivity index (χ3v) is 4.02. The minimum atomic E-state index is -0.344. The van der Waals surface area contributed by atoms with E-state index in [0.29, 0.717) is 17.6 Å². The summed E-state index contributed by atoms with van der Waals surface area (Å²) in [5.74, 6) is -0.0553. The Hall–Kier alpha value is -0.910. The number of halogens is 2. The summed E-state index contributed by atoms with van der Waals surface area (Å²) in [5.41, 5.74) is 0. The molecule has 0 saturated heterocycles. The Balaban J connectivity index is 1.69. The van der Waals surface area contributed by atoms with Crippen LogP contribution in [-0.2, 0) is 6.54 Å². The summed E-state index contributed by atoms with van der Waals surface area (Å²) in [4.78, 5) is 2.61. The molecule has 0 aliphatic heterocycles. The highest BCUT2D eigenvalue weighted by atomic mass is 79.9. The molecule has 1 aromatic heterocycles. The van der Waals surface area contributed by atoms with Crippen LogP contribution in [0.4, 0.5) is 4.39 Å². The van der Waals surface area contributed by atoms with Crippen molar-refractivity contribution in [3.63, 3.8) is 0 Å². The Morgan fingerprint density at radius 2 is 2.16 bits per heavy atom. The van der Waals surface area contributed by atoms with Gasteiger partial charge in [0, 0.05) is 27.3 Å². The van der Waals surface area contributed by atoms with Gasteiger partial charge in [0.05, 0.1) is 0 Å². The zero-order chi connectivity index (χ0) is 13.7. The van der Waals surface area contributed by atoms with Crippen molar-refractivity contribution in [3.05, 3.63) is 50.4 Å². The highest BCUT2D eigenvalue weighted by Crippen LogP contribution is 2.21. The molecule has 2 rings (SSSR count). The fourth-order valence-electron chi connectivity index (χ4n) is 1.62. The van der Waals surface area contributed by atoms with Gasteiger partial charge >= 0.3 is 0 Å². The highest BCUT2D eigenvalue weighted by Gasteiger charge is 2.03. The van der Waals surface area contributed by atoms with Crippen LogP contribution in [0.1, 0.15) is 9.75 Å². The topological polar surface area (TPSA) is 21.3 Å². The zero-order valence-electron chi connectivity index (χ0n) is 10.6. The number of hydrogen-bond acceptors (Lipinski definition) is 3. The summed E-state index contributed by atoms with van der Waals surface area (Å²) < 4.78 is 19.5. The molecule has 0 unspecified atom stereocenters. The Labute approximate surface area is 124 Å². The van der Waals surface area contributed by atoms with E-state index in [1.54, 1.807) is 23.5 Å². The van der Waals surface area contributed by atoms with Gasteiger partial charge < -0.3 is 10.1 Å². The van der Waals surface area contributed by atoms with Gasteiger partial charge in [-0.1, -0.05) is 15.9 Å². The Bertz CT molecular complexity index is 544. The smallest absolute Gasteiger partial charge is 0.166 e. The molecule has 5 heteroatoms. The van der Waals surface area contributed by atoms with E-state index < -0.39 is 0 Å². The second kappa shape index (κ2) is 7.03. The predicted molar refractivity (Wildman–Crippen MR) is 80.4 cm³/mol. The molecule has 0 aliphatic carbocycles. The summed E-state index contributed by atoms with van der Waals surface area (Å²) in [6, 6.07) is 9.01. The van der Waals surface area contributed by atoms with Gasteiger partial charge in [-0.2, -0.15) is 0 Å². The van der Waals surface area contributed by atoms with E-state index in [9.17, 15) is 4.39 Å². The maximum atomic E-state index is 13.5. The lowest BCUT2D eigenvalue weighted by atomic mass is 10.3. The molecular formula is C14H15BrFNOS. The number of nitrogens with one attached hydrogen (secondary N) is 1. The standard InChI is InChI=1S/C14H15BrFNOS/c1-10-2-4-12(19-10)9-17-6-7-18-14-5-3-11(15)8-13(14)16/h2-5,8,17H,6-7,9H2,1H3. The molecule has 0 spiro atoms. The quantitative estimate of drug-likeness (QED) is 0.796. The molecule has 102 valence electrons. The molecule has 0 bridgehead atoms. The van der Waals surface area contributed by atoms with Gasteiger partial charge in [-0.15, -0.1) is 11.3 Å². The molecule has 1 N–H and O–H groups in total. The first-order valence-electron chi connectivity index (χ1n) is 5.99. The normalized spacial score (nSPS) is 10.7. The van der Waals surface area contributed by atoms with Gasteiger partial charge in [-0.25, -0.2) is 4.39 Å². The summed E-state index contributed by atoms with van der Waals surface area (Å²) in [6.45, 7) is 4.05. The van der Waals surface area contributed by atoms with Crippen molar-refractivity contribution in [2.75, 3.05) is 13.2 Å². The van der Waals surface area contributed by atoms with Crippen LogP contribution in [0.3, 0.4) is 0 Å². The van der Waals surface area contributed by atoms with Gasteiger partial charge in [-0.3, -0.25) is 0 Å². The second-order valence-electron chi connectivity index (χ2n) is 4.11. The van der Waals surface area contributed by atoms with Gasteiger partial charge in [0.15, 0.2) is 11.6 Å². The molecule has 0 amide bonds. The van der Waals surface area contributed by atoms with Crippen molar-refractivity contribution in [2.45, 2.75) is 13.5 Å². The Morgan fingerprint density at radius 1 is 1.32 bits per heavy atom. The number of benzene rings is 1. The van der Waals surface area contributed by atoms with Crippen molar-refractivity contribution >= 4 is 27.3 Å². The Morgan fingerprint density at radius 3 is 2.84 bits per heavy atom. The largest absolute Gasteiger partial charge is 0.489 e. The number of aryl methyl sites for hydroxylation is 1. The van der Waals surface area contributed by atoms with Crippen LogP contribution in [0.25, 0.3) is 0 Å². The molecule has 0 saturated carbocycles. The van der Waals surface area contributed by atoms with Crippen LogP contribution in [0.2, 0.25) is 0 Å². The summed E-state index contributed by atoms with van der Waals surface area (Å²) in [6.07, 6.45) is 0. The van der Waals surface area contributed by atoms with Gasteiger partial charge in [0.2, 0.25) is 0 Å². The molecule has 0 fully saturated rings. The number of ether oxygens (including phenoxy) is 1. The fourth-order valence-corrected chi connectivity index (χ4v) is 2.81. The average Bonchev–Trinajstić information content (AvgIpc) is 2.77. The molecule has 0 atom stereocenters. The van der Waals surface area contributed by atoms with Crippen molar-refractivity contribution in [1.82, 2.24) is 5.32 Å². The van der Waals surface area contributed by atoms with E-state index in [1.165, 1.54) is 15.8 Å². The minimum Gasteiger partial charge on any atom is -0.489 e. The molecule has 1 aromatic carbocycles. The van der Waals surface area contributed by atoms with E-state index in [1.807, 2.05) is 0 Å². The van der Waals surface area contributed by atoms with Crippen LogP contribution >= 0.6 is 27.3 Å². The van der Waals surface area contributed by atoms with Crippen LogP contribution in [0.15, 0.2) is 34.8 Å². The first-order chi connectivity index (χ1) is 9.15. The van der Waals surface area contributed by atoms with Gasteiger partial charge in [0.1, 0.15) is 6.61 Å². The molecule has 19 heavy (non-hydrogen) atoms. The van der Waals surface area contributed by atoms with E-state index in [0.717, 1.165) is 6.54 Å². The molecule has 0 aliphatic rings. The number of hydrogen-bond donors (Lipinski definition) is 1. The first-order valence-corrected chi connectivity index (χ1v) is 7.60. The number of thiophene rings is 1. The predicted octanol–water partition coefficient (Wildman–Crippen LogP) is 4.13. The third kappa shape index (κ3) is 4.60. The molecule has 2 nitrogen and oxygen atoms in total. The van der Waals surface area contributed by atoms with E-state index >= 15 is 0 Å². The van der Waals surface area contributed by atoms with Crippen molar-refractivity contribution in [2.24, 2.45) is 0 Å². The lowest BCUT2D eigenvalue weighted by Gasteiger charge is -2.08. The summed E-state index contributed by atoms with van der Waals surface area (Å²) >= 11 is 4.99. The lowest BCUT2D eigenvalue weighted by Crippen LogP contribution is -2.20. The van der Waals surface area contributed by atoms with E-state index in [-0.39, 0.29) is 11.6 Å². The zero-order valence-corrected chi connectivity index (χ0v) is 13.0. The van der Waals surface area contributed by atoms with E-state index in [4.69, 9.17) is 4.74 Å². The fraction of sp³-hybridized carbons (Fsp3) is 0.286. The molecular weight excluding hydrogens is 329 g/mol. The highest BCUT2D eigenvalue weighted by molar-refractivity contribution is 9.10. The van der Waals surface area contributed by atoms with Crippen LogP contribution < -0.4 is 10.1 Å². The Kier molecular flexibility index (Phi) is 5.36. The average molecular weight is 344 g/mol. The monoisotopic (exact) mass is 343 g/mol. The SMILES string of the molecule is Cc1ccc(CNCCOc2ccc(Br)cc2F)s1.